The lowest BCUT2D eigenvalue weighted by Crippen LogP contribution is -2.46. The summed E-state index contributed by atoms with van der Waals surface area (Å²) in [5, 5.41) is 4.16. The number of nitrogens with one attached hydrogen (secondary N) is 1. The summed E-state index contributed by atoms with van der Waals surface area (Å²) in [5.74, 6) is 0.0769. The van der Waals surface area contributed by atoms with Gasteiger partial charge in [0, 0.05) is 11.6 Å². The first-order valence-corrected chi connectivity index (χ1v) is 8.00. The molecule has 1 heterocycles. The monoisotopic (exact) mass is 302 g/mol. The highest BCUT2D eigenvalue weighted by Gasteiger charge is 2.45. The lowest BCUT2D eigenvalue weighted by atomic mass is 9.64. The fourth-order valence-electron chi connectivity index (χ4n) is 3.38. The Bertz CT molecular complexity index is 848. The standard InChI is InChI=1S/C20H18N2O/c23-19(20(12-6-13-20)16-9-2-1-3-10-16)22-17-11-4-7-15-8-5-14-21-18(15)17/h1-5,7-11,14H,6,12-13H2,(H,22,23). The van der Waals surface area contributed by atoms with Crippen LogP contribution in [0, 0.1) is 0 Å². The molecule has 1 amide bonds. The third-order valence-corrected chi connectivity index (χ3v) is 4.85. The Morgan fingerprint density at radius 1 is 0.957 bits per heavy atom. The van der Waals surface area contributed by atoms with Crippen molar-refractivity contribution in [2.24, 2.45) is 0 Å². The second-order valence-corrected chi connectivity index (χ2v) is 6.14. The van der Waals surface area contributed by atoms with Crippen molar-refractivity contribution in [3.63, 3.8) is 0 Å². The highest BCUT2D eigenvalue weighted by Crippen LogP contribution is 2.44. The van der Waals surface area contributed by atoms with E-state index in [0.717, 1.165) is 41.4 Å². The van der Waals surface area contributed by atoms with Gasteiger partial charge in [0.15, 0.2) is 0 Å². The van der Waals surface area contributed by atoms with Crippen LogP contribution in [0.1, 0.15) is 24.8 Å². The molecule has 1 fully saturated rings. The van der Waals surface area contributed by atoms with Gasteiger partial charge in [-0.05, 0) is 30.5 Å². The molecule has 3 heteroatoms. The highest BCUT2D eigenvalue weighted by molar-refractivity contribution is 6.05. The van der Waals surface area contributed by atoms with Crippen molar-refractivity contribution in [2.75, 3.05) is 5.32 Å². The molecular weight excluding hydrogens is 284 g/mol. The number of rotatable bonds is 3. The van der Waals surface area contributed by atoms with Gasteiger partial charge in [-0.3, -0.25) is 9.78 Å². The first-order valence-electron chi connectivity index (χ1n) is 8.00. The molecule has 0 saturated heterocycles. The van der Waals surface area contributed by atoms with Crippen LogP contribution in [0.15, 0.2) is 66.9 Å². The summed E-state index contributed by atoms with van der Waals surface area (Å²) in [5.41, 5.74) is 2.34. The summed E-state index contributed by atoms with van der Waals surface area (Å²) in [7, 11) is 0. The van der Waals surface area contributed by atoms with Crippen LogP contribution in [0.2, 0.25) is 0 Å². The number of hydrogen-bond donors (Lipinski definition) is 1. The van der Waals surface area contributed by atoms with Gasteiger partial charge in [-0.2, -0.15) is 0 Å². The van der Waals surface area contributed by atoms with Crippen LogP contribution in [-0.2, 0) is 10.2 Å². The van der Waals surface area contributed by atoms with Crippen LogP contribution >= 0.6 is 0 Å². The van der Waals surface area contributed by atoms with E-state index >= 15 is 0 Å². The number of hydrogen-bond acceptors (Lipinski definition) is 2. The fraction of sp³-hybridized carbons (Fsp3) is 0.200. The third kappa shape index (κ3) is 2.29. The van der Waals surface area contributed by atoms with Crippen LogP contribution in [0.4, 0.5) is 5.69 Å². The highest BCUT2D eigenvalue weighted by atomic mass is 16.2. The van der Waals surface area contributed by atoms with Gasteiger partial charge < -0.3 is 5.32 Å². The molecule has 0 atom stereocenters. The van der Waals surface area contributed by atoms with Gasteiger partial charge >= 0.3 is 0 Å². The molecule has 0 radical (unpaired) electrons. The van der Waals surface area contributed by atoms with Gasteiger partial charge in [0.25, 0.3) is 0 Å². The summed E-state index contributed by atoms with van der Waals surface area (Å²) in [4.78, 5) is 17.4. The lowest BCUT2D eigenvalue weighted by molar-refractivity contribution is -0.124. The Morgan fingerprint density at radius 2 is 1.74 bits per heavy atom. The Balaban J connectivity index is 1.69. The van der Waals surface area contributed by atoms with Gasteiger partial charge in [-0.25, -0.2) is 0 Å². The maximum atomic E-state index is 13.0. The van der Waals surface area contributed by atoms with E-state index in [-0.39, 0.29) is 5.91 Å². The van der Waals surface area contributed by atoms with Crippen molar-refractivity contribution in [2.45, 2.75) is 24.7 Å². The molecule has 0 unspecified atom stereocenters. The number of fused-ring (bicyclic) bond motifs is 1. The number of aromatic nitrogens is 1. The minimum atomic E-state index is -0.391. The molecule has 114 valence electrons. The zero-order valence-electron chi connectivity index (χ0n) is 12.8. The number of carbonyl (C=O) groups is 1. The average Bonchev–Trinajstić information content (AvgIpc) is 2.55. The summed E-state index contributed by atoms with van der Waals surface area (Å²) < 4.78 is 0. The van der Waals surface area contributed by atoms with E-state index in [1.54, 1.807) is 6.20 Å². The predicted octanol–water partition coefficient (Wildman–Crippen LogP) is 4.30. The fourth-order valence-corrected chi connectivity index (χ4v) is 3.38. The topological polar surface area (TPSA) is 42.0 Å². The zero-order chi connectivity index (χ0) is 15.7. The van der Waals surface area contributed by atoms with E-state index in [0.29, 0.717) is 0 Å². The molecule has 3 aromatic rings. The van der Waals surface area contributed by atoms with Crippen LogP contribution in [-0.4, -0.2) is 10.9 Å². The van der Waals surface area contributed by atoms with Crippen molar-refractivity contribution in [1.29, 1.82) is 0 Å². The summed E-state index contributed by atoms with van der Waals surface area (Å²) in [6.07, 6.45) is 4.66. The Labute approximate surface area is 135 Å². The van der Waals surface area contributed by atoms with E-state index in [9.17, 15) is 4.79 Å². The van der Waals surface area contributed by atoms with E-state index in [1.165, 1.54) is 0 Å². The molecule has 1 aliphatic carbocycles. The van der Waals surface area contributed by atoms with Crippen molar-refractivity contribution >= 4 is 22.5 Å². The largest absolute Gasteiger partial charge is 0.323 e. The molecule has 0 bridgehead atoms. The number of amides is 1. The number of para-hydroxylation sites is 1. The van der Waals surface area contributed by atoms with Gasteiger partial charge in [-0.1, -0.05) is 55.0 Å². The Hall–Kier alpha value is -2.68. The van der Waals surface area contributed by atoms with Crippen LogP contribution in [0.5, 0.6) is 0 Å². The minimum Gasteiger partial charge on any atom is -0.323 e. The van der Waals surface area contributed by atoms with Crippen LogP contribution < -0.4 is 5.32 Å². The number of carbonyl (C=O) groups excluding carboxylic acids is 1. The van der Waals surface area contributed by atoms with Gasteiger partial charge in [0.1, 0.15) is 0 Å². The first kappa shape index (κ1) is 13.9. The average molecular weight is 302 g/mol. The number of benzene rings is 2. The van der Waals surface area contributed by atoms with Crippen LogP contribution in [0.3, 0.4) is 0 Å². The second-order valence-electron chi connectivity index (χ2n) is 6.14. The Morgan fingerprint density at radius 3 is 2.48 bits per heavy atom. The molecular formula is C20H18N2O. The predicted molar refractivity (Wildman–Crippen MR) is 92.3 cm³/mol. The van der Waals surface area contributed by atoms with E-state index < -0.39 is 5.41 Å². The van der Waals surface area contributed by atoms with E-state index in [1.807, 2.05) is 48.5 Å². The quantitative estimate of drug-likeness (QED) is 0.784. The smallest absolute Gasteiger partial charge is 0.235 e. The van der Waals surface area contributed by atoms with Gasteiger partial charge in [0.2, 0.25) is 5.91 Å². The van der Waals surface area contributed by atoms with Crippen LogP contribution in [0.25, 0.3) is 10.9 Å². The van der Waals surface area contributed by atoms with Crippen molar-refractivity contribution < 1.29 is 4.79 Å². The SMILES string of the molecule is O=C(Nc1cccc2cccnc12)C1(c2ccccc2)CCC1. The van der Waals surface area contributed by atoms with Gasteiger partial charge in [-0.15, -0.1) is 0 Å². The minimum absolute atomic E-state index is 0.0769. The molecule has 3 nitrogen and oxygen atoms in total. The third-order valence-electron chi connectivity index (χ3n) is 4.85. The van der Waals surface area contributed by atoms with E-state index in [4.69, 9.17) is 0 Å². The van der Waals surface area contributed by atoms with Crippen molar-refractivity contribution in [3.8, 4) is 0 Å². The number of nitrogens with zero attached hydrogens (tertiary/aromatic N) is 1. The Kier molecular flexibility index (Phi) is 3.34. The number of pyridine rings is 1. The summed E-state index contributed by atoms with van der Waals surface area (Å²) >= 11 is 0. The molecule has 1 saturated carbocycles. The number of anilines is 1. The zero-order valence-corrected chi connectivity index (χ0v) is 12.8. The molecule has 1 N–H and O–H groups in total. The first-order chi connectivity index (χ1) is 11.3. The maximum absolute atomic E-state index is 13.0. The van der Waals surface area contributed by atoms with Crippen molar-refractivity contribution in [3.05, 3.63) is 72.4 Å². The molecule has 1 aromatic heterocycles. The molecule has 2 aromatic carbocycles. The maximum Gasteiger partial charge on any atom is 0.235 e. The van der Waals surface area contributed by atoms with Crippen molar-refractivity contribution in [1.82, 2.24) is 4.98 Å². The molecule has 1 aliphatic rings. The molecule has 0 aliphatic heterocycles. The second kappa shape index (κ2) is 5.51. The summed E-state index contributed by atoms with van der Waals surface area (Å²) in [6, 6.07) is 19.9. The van der Waals surface area contributed by atoms with Gasteiger partial charge in [0.05, 0.1) is 16.6 Å². The molecule has 4 rings (SSSR count). The lowest BCUT2D eigenvalue weighted by Gasteiger charge is -2.40. The molecule has 0 spiro atoms. The normalized spacial score (nSPS) is 15.8. The summed E-state index contributed by atoms with van der Waals surface area (Å²) in [6.45, 7) is 0. The van der Waals surface area contributed by atoms with E-state index in [2.05, 4.69) is 22.4 Å². The molecule has 23 heavy (non-hydrogen) atoms.